The minimum atomic E-state index is -0.782. The predicted molar refractivity (Wildman–Crippen MR) is 57.6 cm³/mol. The second-order valence-corrected chi connectivity index (χ2v) is 3.34. The van der Waals surface area contributed by atoms with Gasteiger partial charge in [0.2, 0.25) is 5.91 Å². The van der Waals surface area contributed by atoms with Crippen LogP contribution in [-0.2, 0) is 4.74 Å². The first-order chi connectivity index (χ1) is 7.47. The van der Waals surface area contributed by atoms with Gasteiger partial charge in [-0.2, -0.15) is 0 Å². The molecule has 6 heteroatoms. The van der Waals surface area contributed by atoms with E-state index in [1.807, 2.05) is 0 Å². The zero-order chi connectivity index (χ0) is 12.3. The van der Waals surface area contributed by atoms with Gasteiger partial charge in [-0.3, -0.25) is 4.79 Å². The summed E-state index contributed by atoms with van der Waals surface area (Å²) in [6.45, 7) is 1.78. The molecule has 0 saturated carbocycles. The molecule has 0 aromatic heterocycles. The second kappa shape index (κ2) is 4.85. The molecule has 0 heterocycles. The minimum Gasteiger partial charge on any atom is -0.507 e. The highest BCUT2D eigenvalue weighted by Gasteiger charge is 2.17. The van der Waals surface area contributed by atoms with Crippen LogP contribution < -0.4 is 5.73 Å². The molecule has 0 radical (unpaired) electrons. The number of phenols is 1. The number of benzene rings is 1. The monoisotopic (exact) mass is 243 g/mol. The van der Waals surface area contributed by atoms with Crippen LogP contribution in [0.5, 0.6) is 5.75 Å². The lowest BCUT2D eigenvalue weighted by Crippen LogP contribution is -2.13. The largest absolute Gasteiger partial charge is 0.507 e. The van der Waals surface area contributed by atoms with E-state index >= 15 is 0 Å². The Kier molecular flexibility index (Phi) is 3.73. The Labute approximate surface area is 96.8 Å². The summed E-state index contributed by atoms with van der Waals surface area (Å²) in [5.41, 5.74) is 4.87. The van der Waals surface area contributed by atoms with Gasteiger partial charge in [0.1, 0.15) is 11.3 Å². The molecule has 1 aromatic rings. The van der Waals surface area contributed by atoms with E-state index in [9.17, 15) is 14.7 Å². The van der Waals surface area contributed by atoms with Crippen molar-refractivity contribution >= 4 is 23.5 Å². The Hall–Kier alpha value is -1.75. The Morgan fingerprint density at radius 1 is 1.44 bits per heavy atom. The average Bonchev–Trinajstić information content (AvgIpc) is 2.17. The van der Waals surface area contributed by atoms with E-state index in [0.717, 1.165) is 12.1 Å². The number of amides is 1. The van der Waals surface area contributed by atoms with Crippen molar-refractivity contribution in [2.24, 2.45) is 5.73 Å². The fourth-order valence-electron chi connectivity index (χ4n) is 1.12. The van der Waals surface area contributed by atoms with Gasteiger partial charge in [0, 0.05) is 6.07 Å². The van der Waals surface area contributed by atoms with Gasteiger partial charge >= 0.3 is 5.97 Å². The molecule has 0 aliphatic heterocycles. The SMILES string of the molecule is CCOC(=O)c1cc(C(N)=O)c(Cl)cc1O. The molecule has 0 saturated heterocycles. The van der Waals surface area contributed by atoms with E-state index in [0.29, 0.717) is 0 Å². The van der Waals surface area contributed by atoms with Gasteiger partial charge < -0.3 is 15.6 Å². The lowest BCUT2D eigenvalue weighted by atomic mass is 10.1. The quantitative estimate of drug-likeness (QED) is 0.784. The van der Waals surface area contributed by atoms with E-state index in [4.69, 9.17) is 17.3 Å². The lowest BCUT2D eigenvalue weighted by Gasteiger charge is -2.07. The van der Waals surface area contributed by atoms with Gasteiger partial charge in [-0.1, -0.05) is 11.6 Å². The Bertz CT molecular complexity index is 445. The summed E-state index contributed by atoms with van der Waals surface area (Å²) in [6.07, 6.45) is 0. The third-order valence-electron chi connectivity index (χ3n) is 1.85. The first-order valence-electron chi connectivity index (χ1n) is 4.46. The van der Waals surface area contributed by atoms with E-state index in [2.05, 4.69) is 4.74 Å². The number of esters is 1. The van der Waals surface area contributed by atoms with Crippen molar-refractivity contribution in [3.8, 4) is 5.75 Å². The number of carbonyl (C=O) groups is 2. The molecule has 3 N–H and O–H groups in total. The molecule has 5 nitrogen and oxygen atoms in total. The fourth-order valence-corrected chi connectivity index (χ4v) is 1.37. The van der Waals surface area contributed by atoms with Crippen molar-refractivity contribution in [1.82, 2.24) is 0 Å². The zero-order valence-corrected chi connectivity index (χ0v) is 9.25. The summed E-state index contributed by atoms with van der Waals surface area (Å²) in [6, 6.07) is 2.19. The Morgan fingerprint density at radius 3 is 2.56 bits per heavy atom. The normalized spacial score (nSPS) is 9.88. The molecule has 16 heavy (non-hydrogen) atoms. The van der Waals surface area contributed by atoms with Crippen LogP contribution in [-0.4, -0.2) is 23.6 Å². The lowest BCUT2D eigenvalue weighted by molar-refractivity contribution is 0.0523. The summed E-state index contributed by atoms with van der Waals surface area (Å²) >= 11 is 5.67. The van der Waals surface area contributed by atoms with Crippen molar-refractivity contribution in [2.75, 3.05) is 6.61 Å². The zero-order valence-electron chi connectivity index (χ0n) is 8.49. The number of hydrogen-bond donors (Lipinski definition) is 2. The number of rotatable bonds is 3. The molecule has 0 aliphatic rings. The van der Waals surface area contributed by atoms with Gasteiger partial charge in [-0.15, -0.1) is 0 Å². The summed E-state index contributed by atoms with van der Waals surface area (Å²) < 4.78 is 4.69. The van der Waals surface area contributed by atoms with Crippen LogP contribution in [0, 0.1) is 0 Å². The standard InChI is InChI=1S/C10H10ClNO4/c1-2-16-10(15)6-3-5(9(12)14)7(11)4-8(6)13/h3-4,13H,2H2,1H3,(H2,12,14). The summed E-state index contributed by atoms with van der Waals surface area (Å²) in [5.74, 6) is -1.87. The van der Waals surface area contributed by atoms with E-state index in [1.165, 1.54) is 0 Å². The van der Waals surface area contributed by atoms with Crippen LogP contribution in [0.2, 0.25) is 5.02 Å². The van der Waals surface area contributed by atoms with Gasteiger partial charge in [-0.25, -0.2) is 4.79 Å². The number of halogens is 1. The van der Waals surface area contributed by atoms with Crippen LogP contribution in [0.1, 0.15) is 27.6 Å². The first-order valence-corrected chi connectivity index (χ1v) is 4.84. The minimum absolute atomic E-state index is 0.0157. The van der Waals surface area contributed by atoms with Crippen LogP contribution >= 0.6 is 11.6 Å². The third kappa shape index (κ3) is 2.43. The van der Waals surface area contributed by atoms with Crippen molar-refractivity contribution in [3.05, 3.63) is 28.3 Å². The van der Waals surface area contributed by atoms with Crippen LogP contribution in [0.15, 0.2) is 12.1 Å². The number of aromatic hydroxyl groups is 1. The van der Waals surface area contributed by atoms with Crippen molar-refractivity contribution < 1.29 is 19.4 Å². The molecule has 1 rings (SSSR count). The topological polar surface area (TPSA) is 89.6 Å². The number of nitrogens with two attached hydrogens (primary N) is 1. The van der Waals surface area contributed by atoms with Crippen LogP contribution in [0.25, 0.3) is 0 Å². The van der Waals surface area contributed by atoms with Gasteiger partial charge in [0.15, 0.2) is 0 Å². The van der Waals surface area contributed by atoms with Crippen molar-refractivity contribution in [1.29, 1.82) is 0 Å². The molecule has 0 bridgehead atoms. The molecular weight excluding hydrogens is 234 g/mol. The highest BCUT2D eigenvalue weighted by Crippen LogP contribution is 2.26. The molecule has 0 spiro atoms. The number of primary amides is 1. The Balaban J connectivity index is 3.24. The van der Waals surface area contributed by atoms with Gasteiger partial charge in [0.05, 0.1) is 17.2 Å². The highest BCUT2D eigenvalue weighted by molar-refractivity contribution is 6.34. The average molecular weight is 244 g/mol. The van der Waals surface area contributed by atoms with E-state index < -0.39 is 11.9 Å². The maximum Gasteiger partial charge on any atom is 0.341 e. The predicted octanol–water partition coefficient (Wildman–Crippen LogP) is 1.32. The number of ether oxygens (including phenoxy) is 1. The number of carbonyl (C=O) groups excluding carboxylic acids is 2. The van der Waals surface area contributed by atoms with Crippen molar-refractivity contribution in [2.45, 2.75) is 6.92 Å². The maximum absolute atomic E-state index is 11.4. The molecule has 1 aromatic carbocycles. The fraction of sp³-hybridized carbons (Fsp3) is 0.200. The molecule has 0 unspecified atom stereocenters. The molecule has 0 atom stereocenters. The maximum atomic E-state index is 11.4. The molecule has 0 aliphatic carbocycles. The van der Waals surface area contributed by atoms with Crippen molar-refractivity contribution in [3.63, 3.8) is 0 Å². The Morgan fingerprint density at radius 2 is 2.06 bits per heavy atom. The molecule has 0 fully saturated rings. The van der Waals surface area contributed by atoms with Gasteiger partial charge in [-0.05, 0) is 13.0 Å². The molecule has 86 valence electrons. The smallest absolute Gasteiger partial charge is 0.341 e. The van der Waals surface area contributed by atoms with E-state index in [1.54, 1.807) is 6.92 Å². The number of hydrogen-bond acceptors (Lipinski definition) is 4. The van der Waals surface area contributed by atoms with E-state index in [-0.39, 0.29) is 28.5 Å². The van der Waals surface area contributed by atoms with Crippen LogP contribution in [0.3, 0.4) is 0 Å². The molecular formula is C10H10ClNO4. The number of phenolic OH excluding ortho intramolecular Hbond substituents is 1. The summed E-state index contributed by atoms with van der Waals surface area (Å²) in [5, 5.41) is 9.44. The summed E-state index contributed by atoms with van der Waals surface area (Å²) in [4.78, 5) is 22.3. The summed E-state index contributed by atoms with van der Waals surface area (Å²) in [7, 11) is 0. The molecule has 1 amide bonds. The van der Waals surface area contributed by atoms with Gasteiger partial charge in [0.25, 0.3) is 0 Å². The third-order valence-corrected chi connectivity index (χ3v) is 2.16. The highest BCUT2D eigenvalue weighted by atomic mass is 35.5. The first kappa shape index (κ1) is 12.3. The van der Waals surface area contributed by atoms with Crippen LogP contribution in [0.4, 0.5) is 0 Å². The second-order valence-electron chi connectivity index (χ2n) is 2.93.